The van der Waals surface area contributed by atoms with Crippen LogP contribution in [0.25, 0.3) is 0 Å². The first-order chi connectivity index (χ1) is 8.65. The van der Waals surface area contributed by atoms with E-state index >= 15 is 0 Å². The molecular formula is C14H14BrN3. The number of nitrogens with zero attached hydrogens (tertiary/aromatic N) is 2. The molecule has 18 heavy (non-hydrogen) atoms. The average Bonchev–Trinajstić information content (AvgIpc) is 2.38. The quantitative estimate of drug-likeness (QED) is 0.687. The third kappa shape index (κ3) is 3.40. The van der Waals surface area contributed by atoms with Gasteiger partial charge in [0.25, 0.3) is 0 Å². The number of nitrogens with one attached hydrogen (secondary N) is 1. The van der Waals surface area contributed by atoms with Crippen molar-refractivity contribution in [2.24, 2.45) is 5.10 Å². The summed E-state index contributed by atoms with van der Waals surface area (Å²) in [6.07, 6.45) is 1.79. The summed E-state index contributed by atoms with van der Waals surface area (Å²) in [5.41, 5.74) is 7.00. The van der Waals surface area contributed by atoms with Gasteiger partial charge in [-0.1, -0.05) is 15.9 Å². The van der Waals surface area contributed by atoms with Gasteiger partial charge in [-0.3, -0.25) is 10.4 Å². The van der Waals surface area contributed by atoms with Crippen LogP contribution in [-0.4, -0.2) is 10.7 Å². The normalized spacial score (nSPS) is 11.4. The van der Waals surface area contributed by atoms with Gasteiger partial charge >= 0.3 is 0 Å². The summed E-state index contributed by atoms with van der Waals surface area (Å²) in [6.45, 7) is 3.94. The maximum absolute atomic E-state index is 4.36. The molecule has 4 heteroatoms. The SMILES string of the molecule is CC(=NNc1ccc(Br)cc1)c1ccnc(C)c1. The molecule has 1 heterocycles. The predicted molar refractivity (Wildman–Crippen MR) is 78.9 cm³/mol. The highest BCUT2D eigenvalue weighted by Crippen LogP contribution is 2.14. The summed E-state index contributed by atoms with van der Waals surface area (Å²) in [6, 6.07) is 11.9. The van der Waals surface area contributed by atoms with Crippen molar-refractivity contribution in [2.75, 3.05) is 5.43 Å². The number of anilines is 1. The fourth-order valence-electron chi connectivity index (χ4n) is 1.51. The number of benzene rings is 1. The van der Waals surface area contributed by atoms with Gasteiger partial charge in [0.15, 0.2) is 0 Å². The number of hydrogen-bond acceptors (Lipinski definition) is 3. The zero-order valence-corrected chi connectivity index (χ0v) is 11.9. The second-order valence-corrected chi connectivity index (χ2v) is 4.92. The smallest absolute Gasteiger partial charge is 0.0649 e. The summed E-state index contributed by atoms with van der Waals surface area (Å²) in [4.78, 5) is 4.17. The van der Waals surface area contributed by atoms with Crippen molar-refractivity contribution in [2.45, 2.75) is 13.8 Å². The minimum absolute atomic E-state index is 0.934. The minimum Gasteiger partial charge on any atom is -0.278 e. The van der Waals surface area contributed by atoms with Crippen molar-refractivity contribution in [3.63, 3.8) is 0 Å². The van der Waals surface area contributed by atoms with Gasteiger partial charge in [-0.2, -0.15) is 5.10 Å². The van der Waals surface area contributed by atoms with E-state index in [1.54, 1.807) is 6.20 Å². The molecular weight excluding hydrogens is 290 g/mol. The Morgan fingerprint density at radius 1 is 1.22 bits per heavy atom. The molecule has 0 aliphatic rings. The van der Waals surface area contributed by atoms with Crippen molar-refractivity contribution in [3.8, 4) is 0 Å². The van der Waals surface area contributed by atoms with E-state index < -0.39 is 0 Å². The number of halogens is 1. The first-order valence-corrected chi connectivity index (χ1v) is 6.43. The molecule has 0 saturated carbocycles. The van der Waals surface area contributed by atoms with E-state index in [-0.39, 0.29) is 0 Å². The summed E-state index contributed by atoms with van der Waals surface area (Å²) >= 11 is 3.40. The predicted octanol–water partition coefficient (Wildman–Crippen LogP) is 3.99. The molecule has 1 N–H and O–H groups in total. The Bertz CT molecular complexity index is 562. The molecule has 0 saturated heterocycles. The summed E-state index contributed by atoms with van der Waals surface area (Å²) in [5.74, 6) is 0. The monoisotopic (exact) mass is 303 g/mol. The lowest BCUT2D eigenvalue weighted by atomic mass is 10.1. The van der Waals surface area contributed by atoms with Gasteiger partial charge in [0, 0.05) is 21.9 Å². The Morgan fingerprint density at radius 3 is 2.61 bits per heavy atom. The average molecular weight is 304 g/mol. The summed E-state index contributed by atoms with van der Waals surface area (Å²) in [7, 11) is 0. The van der Waals surface area contributed by atoms with Crippen LogP contribution in [0.15, 0.2) is 52.2 Å². The van der Waals surface area contributed by atoms with E-state index in [1.807, 2.05) is 50.2 Å². The molecule has 0 aliphatic carbocycles. The third-order valence-electron chi connectivity index (χ3n) is 2.51. The van der Waals surface area contributed by atoms with E-state index in [1.165, 1.54) is 0 Å². The molecule has 0 amide bonds. The molecule has 0 radical (unpaired) electrons. The van der Waals surface area contributed by atoms with Crippen LogP contribution in [0.5, 0.6) is 0 Å². The second kappa shape index (κ2) is 5.78. The molecule has 0 spiro atoms. The third-order valence-corrected chi connectivity index (χ3v) is 3.04. The maximum atomic E-state index is 4.36. The van der Waals surface area contributed by atoms with Gasteiger partial charge in [0.1, 0.15) is 0 Å². The number of hydrogen-bond donors (Lipinski definition) is 1. The Hall–Kier alpha value is -1.68. The molecule has 1 aromatic heterocycles. The minimum atomic E-state index is 0.934. The summed E-state index contributed by atoms with van der Waals surface area (Å²) in [5, 5.41) is 4.36. The van der Waals surface area contributed by atoms with Crippen molar-refractivity contribution in [1.29, 1.82) is 0 Å². The molecule has 1 aromatic carbocycles. The standard InChI is InChI=1S/C14H14BrN3/c1-10-9-12(7-8-16-10)11(2)17-18-14-5-3-13(15)4-6-14/h3-9,18H,1-2H3. The molecule has 0 bridgehead atoms. The Labute approximate surface area is 115 Å². The highest BCUT2D eigenvalue weighted by atomic mass is 79.9. The summed E-state index contributed by atoms with van der Waals surface area (Å²) < 4.78 is 1.05. The van der Waals surface area contributed by atoms with E-state index in [0.717, 1.165) is 27.1 Å². The van der Waals surface area contributed by atoms with Gasteiger partial charge < -0.3 is 0 Å². The lowest BCUT2D eigenvalue weighted by Gasteiger charge is -2.04. The Morgan fingerprint density at radius 2 is 1.94 bits per heavy atom. The zero-order chi connectivity index (χ0) is 13.0. The van der Waals surface area contributed by atoms with Crippen LogP contribution >= 0.6 is 15.9 Å². The molecule has 2 rings (SSSR count). The number of aromatic nitrogens is 1. The van der Waals surface area contributed by atoms with Crippen LogP contribution in [0.4, 0.5) is 5.69 Å². The lowest BCUT2D eigenvalue weighted by molar-refractivity contribution is 1.19. The fourth-order valence-corrected chi connectivity index (χ4v) is 1.77. The van der Waals surface area contributed by atoms with Crippen LogP contribution in [0.2, 0.25) is 0 Å². The Balaban J connectivity index is 2.11. The van der Waals surface area contributed by atoms with Gasteiger partial charge in [-0.25, -0.2) is 0 Å². The number of rotatable bonds is 3. The first-order valence-electron chi connectivity index (χ1n) is 5.64. The number of pyridine rings is 1. The van der Waals surface area contributed by atoms with Crippen molar-refractivity contribution < 1.29 is 0 Å². The maximum Gasteiger partial charge on any atom is 0.0649 e. The molecule has 3 nitrogen and oxygen atoms in total. The number of aryl methyl sites for hydroxylation is 1. The first kappa shape index (κ1) is 12.8. The van der Waals surface area contributed by atoms with E-state index in [0.29, 0.717) is 0 Å². The van der Waals surface area contributed by atoms with Crippen LogP contribution < -0.4 is 5.43 Å². The van der Waals surface area contributed by atoms with Crippen LogP contribution in [0, 0.1) is 6.92 Å². The van der Waals surface area contributed by atoms with E-state index in [9.17, 15) is 0 Å². The van der Waals surface area contributed by atoms with Gasteiger partial charge in [-0.15, -0.1) is 0 Å². The number of hydrazone groups is 1. The molecule has 0 unspecified atom stereocenters. The van der Waals surface area contributed by atoms with Crippen molar-refractivity contribution in [1.82, 2.24) is 4.98 Å². The van der Waals surface area contributed by atoms with Crippen molar-refractivity contribution >= 4 is 27.3 Å². The molecule has 2 aromatic rings. The second-order valence-electron chi connectivity index (χ2n) is 4.00. The van der Waals surface area contributed by atoms with Crippen LogP contribution in [0.3, 0.4) is 0 Å². The molecule has 0 fully saturated rings. The van der Waals surface area contributed by atoms with E-state index in [2.05, 4.69) is 31.4 Å². The fraction of sp³-hybridized carbons (Fsp3) is 0.143. The van der Waals surface area contributed by atoms with Crippen molar-refractivity contribution in [3.05, 3.63) is 58.3 Å². The highest BCUT2D eigenvalue weighted by Gasteiger charge is 1.98. The molecule has 92 valence electrons. The van der Waals surface area contributed by atoms with Gasteiger partial charge in [0.2, 0.25) is 0 Å². The molecule has 0 aliphatic heterocycles. The van der Waals surface area contributed by atoms with E-state index in [4.69, 9.17) is 0 Å². The van der Waals surface area contributed by atoms with Gasteiger partial charge in [-0.05, 0) is 50.2 Å². The van der Waals surface area contributed by atoms with Gasteiger partial charge in [0.05, 0.1) is 11.4 Å². The van der Waals surface area contributed by atoms with Crippen LogP contribution in [0.1, 0.15) is 18.2 Å². The van der Waals surface area contributed by atoms with Crippen LogP contribution in [-0.2, 0) is 0 Å². The Kier molecular flexibility index (Phi) is 4.10. The highest BCUT2D eigenvalue weighted by molar-refractivity contribution is 9.10. The zero-order valence-electron chi connectivity index (χ0n) is 10.3. The lowest BCUT2D eigenvalue weighted by Crippen LogP contribution is -2.00. The molecule has 0 atom stereocenters. The largest absolute Gasteiger partial charge is 0.278 e. The topological polar surface area (TPSA) is 37.3 Å².